The number of aliphatic hydroxyl groups is 1. The SMILES string of the molecule is COC(=O)[C@@](O)(/C(=N/O)c1ccccc1)c1ccccc1. The Morgan fingerprint density at radius 1 is 1.05 bits per heavy atom. The van der Waals surface area contributed by atoms with Gasteiger partial charge in [-0.3, -0.25) is 0 Å². The van der Waals surface area contributed by atoms with Crippen molar-refractivity contribution < 1.29 is 19.8 Å². The Hall–Kier alpha value is -2.66. The van der Waals surface area contributed by atoms with Gasteiger partial charge in [-0.05, 0) is 0 Å². The second kappa shape index (κ2) is 6.19. The first-order valence-corrected chi connectivity index (χ1v) is 6.29. The molecule has 0 aliphatic carbocycles. The van der Waals surface area contributed by atoms with Crippen molar-refractivity contribution in [3.63, 3.8) is 0 Å². The summed E-state index contributed by atoms with van der Waals surface area (Å²) in [5.41, 5.74) is -1.71. The number of nitrogens with zero attached hydrogens (tertiary/aromatic N) is 1. The van der Waals surface area contributed by atoms with E-state index in [-0.39, 0.29) is 11.3 Å². The van der Waals surface area contributed by atoms with E-state index in [2.05, 4.69) is 5.16 Å². The third kappa shape index (κ3) is 2.64. The van der Waals surface area contributed by atoms with E-state index in [0.717, 1.165) is 7.11 Å². The molecule has 0 saturated carbocycles. The molecule has 1 atom stereocenters. The number of rotatable bonds is 4. The van der Waals surface area contributed by atoms with Crippen LogP contribution in [0, 0.1) is 0 Å². The van der Waals surface area contributed by atoms with Gasteiger partial charge in [-0.2, -0.15) is 0 Å². The molecule has 21 heavy (non-hydrogen) atoms. The second-order valence-electron chi connectivity index (χ2n) is 4.38. The number of ether oxygens (including phenoxy) is 1. The van der Waals surface area contributed by atoms with Crippen molar-refractivity contribution in [2.75, 3.05) is 7.11 Å². The normalized spacial score (nSPS) is 14.3. The van der Waals surface area contributed by atoms with Gasteiger partial charge in [-0.1, -0.05) is 65.8 Å². The highest BCUT2D eigenvalue weighted by molar-refractivity contribution is 6.18. The predicted molar refractivity (Wildman–Crippen MR) is 77.1 cm³/mol. The lowest BCUT2D eigenvalue weighted by molar-refractivity contribution is -0.156. The highest BCUT2D eigenvalue weighted by Gasteiger charge is 2.45. The van der Waals surface area contributed by atoms with E-state index in [0.29, 0.717) is 5.56 Å². The maximum Gasteiger partial charge on any atom is 0.349 e. The molecule has 0 saturated heterocycles. The molecule has 0 fully saturated rings. The summed E-state index contributed by atoms with van der Waals surface area (Å²) in [6.07, 6.45) is 0. The van der Waals surface area contributed by atoms with Crippen LogP contribution in [-0.2, 0) is 15.1 Å². The molecule has 0 unspecified atom stereocenters. The van der Waals surface area contributed by atoms with Gasteiger partial charge in [0.05, 0.1) is 7.11 Å². The molecule has 0 aliphatic heterocycles. The molecular weight excluding hydrogens is 270 g/mol. The van der Waals surface area contributed by atoms with Gasteiger partial charge in [-0.25, -0.2) is 4.79 Å². The number of methoxy groups -OCH3 is 1. The van der Waals surface area contributed by atoms with Crippen molar-refractivity contribution in [3.8, 4) is 0 Å². The lowest BCUT2D eigenvalue weighted by atomic mass is 9.85. The topological polar surface area (TPSA) is 79.1 Å². The molecule has 108 valence electrons. The Bertz CT molecular complexity index is 640. The van der Waals surface area contributed by atoms with E-state index in [4.69, 9.17) is 4.74 Å². The smallest absolute Gasteiger partial charge is 0.349 e. The molecule has 0 spiro atoms. The summed E-state index contributed by atoms with van der Waals surface area (Å²) in [6.45, 7) is 0. The van der Waals surface area contributed by atoms with E-state index < -0.39 is 11.6 Å². The molecule has 2 N–H and O–H groups in total. The van der Waals surface area contributed by atoms with Crippen LogP contribution in [0.25, 0.3) is 0 Å². The monoisotopic (exact) mass is 285 g/mol. The lowest BCUT2D eigenvalue weighted by Crippen LogP contribution is -2.45. The van der Waals surface area contributed by atoms with Gasteiger partial charge < -0.3 is 15.1 Å². The third-order valence-corrected chi connectivity index (χ3v) is 3.16. The molecule has 0 radical (unpaired) electrons. The summed E-state index contributed by atoms with van der Waals surface area (Å²) in [7, 11) is 1.16. The maximum atomic E-state index is 12.1. The second-order valence-corrected chi connectivity index (χ2v) is 4.38. The quantitative estimate of drug-likeness (QED) is 0.389. The molecule has 0 amide bonds. The first-order valence-electron chi connectivity index (χ1n) is 6.29. The fraction of sp³-hybridized carbons (Fsp3) is 0.125. The van der Waals surface area contributed by atoms with Crippen LogP contribution in [0.3, 0.4) is 0 Å². The number of carbonyl (C=O) groups excluding carboxylic acids is 1. The van der Waals surface area contributed by atoms with E-state index in [1.54, 1.807) is 60.7 Å². The van der Waals surface area contributed by atoms with Crippen molar-refractivity contribution in [1.82, 2.24) is 0 Å². The van der Waals surface area contributed by atoms with Gasteiger partial charge in [0.1, 0.15) is 5.71 Å². The number of benzene rings is 2. The van der Waals surface area contributed by atoms with Crippen molar-refractivity contribution in [1.29, 1.82) is 0 Å². The molecule has 2 aromatic carbocycles. The molecule has 2 rings (SSSR count). The standard InChI is InChI=1S/C16H15NO4/c1-21-15(18)16(19,13-10-6-3-7-11-13)14(17-20)12-8-4-2-5-9-12/h2-11,19-20H,1H3/b17-14+/t16-/m0/s1. The van der Waals surface area contributed by atoms with Gasteiger partial charge in [0, 0.05) is 11.1 Å². The van der Waals surface area contributed by atoms with Crippen LogP contribution in [-0.4, -0.2) is 29.1 Å². The van der Waals surface area contributed by atoms with Crippen molar-refractivity contribution in [3.05, 3.63) is 71.8 Å². The van der Waals surface area contributed by atoms with Crippen molar-refractivity contribution >= 4 is 11.7 Å². The Labute approximate surface area is 122 Å². The number of hydrogen-bond donors (Lipinski definition) is 2. The predicted octanol–water partition coefficient (Wildman–Crippen LogP) is 1.93. The minimum atomic E-state index is -2.19. The van der Waals surface area contributed by atoms with Crippen LogP contribution in [0.4, 0.5) is 0 Å². The molecule has 0 heterocycles. The fourth-order valence-corrected chi connectivity index (χ4v) is 2.11. The number of carbonyl (C=O) groups is 1. The van der Waals surface area contributed by atoms with Crippen molar-refractivity contribution in [2.24, 2.45) is 5.16 Å². The number of oxime groups is 1. The van der Waals surface area contributed by atoms with E-state index in [9.17, 15) is 15.1 Å². The number of hydrogen-bond acceptors (Lipinski definition) is 5. The summed E-state index contributed by atoms with van der Waals surface area (Å²) in [5, 5.41) is 23.4. The van der Waals surface area contributed by atoms with Crippen LogP contribution in [0.1, 0.15) is 11.1 Å². The Morgan fingerprint density at radius 2 is 1.57 bits per heavy atom. The Morgan fingerprint density at radius 3 is 2.05 bits per heavy atom. The van der Waals surface area contributed by atoms with Gasteiger partial charge in [0.25, 0.3) is 0 Å². The van der Waals surface area contributed by atoms with Gasteiger partial charge >= 0.3 is 5.97 Å². The maximum absolute atomic E-state index is 12.1. The van der Waals surface area contributed by atoms with E-state index >= 15 is 0 Å². The van der Waals surface area contributed by atoms with Crippen LogP contribution in [0.5, 0.6) is 0 Å². The molecule has 2 aromatic rings. The first kappa shape index (κ1) is 14.7. The highest BCUT2D eigenvalue weighted by atomic mass is 16.5. The fourth-order valence-electron chi connectivity index (χ4n) is 2.11. The van der Waals surface area contributed by atoms with Crippen molar-refractivity contribution in [2.45, 2.75) is 5.60 Å². The number of esters is 1. The average molecular weight is 285 g/mol. The van der Waals surface area contributed by atoms with Crippen LogP contribution in [0.2, 0.25) is 0 Å². The summed E-state index contributed by atoms with van der Waals surface area (Å²) in [5.74, 6) is -0.926. The summed E-state index contributed by atoms with van der Waals surface area (Å²) in [4.78, 5) is 12.1. The third-order valence-electron chi connectivity index (χ3n) is 3.16. The molecule has 5 heteroatoms. The van der Waals surface area contributed by atoms with Crippen LogP contribution >= 0.6 is 0 Å². The minimum Gasteiger partial charge on any atom is -0.466 e. The largest absolute Gasteiger partial charge is 0.466 e. The lowest BCUT2D eigenvalue weighted by Gasteiger charge is -2.26. The summed E-state index contributed by atoms with van der Waals surface area (Å²) in [6, 6.07) is 16.7. The van der Waals surface area contributed by atoms with Gasteiger partial charge in [-0.15, -0.1) is 0 Å². The molecule has 0 aliphatic rings. The van der Waals surface area contributed by atoms with Crippen LogP contribution in [0.15, 0.2) is 65.8 Å². The zero-order chi connectivity index (χ0) is 15.3. The zero-order valence-corrected chi connectivity index (χ0v) is 11.4. The summed E-state index contributed by atoms with van der Waals surface area (Å²) < 4.78 is 4.69. The Kier molecular flexibility index (Phi) is 4.35. The highest BCUT2D eigenvalue weighted by Crippen LogP contribution is 2.28. The minimum absolute atomic E-state index is 0.193. The average Bonchev–Trinajstić information content (AvgIpc) is 2.56. The molecule has 0 bridgehead atoms. The molecule has 0 aromatic heterocycles. The van der Waals surface area contributed by atoms with E-state index in [1.807, 2.05) is 0 Å². The Balaban J connectivity index is 2.63. The summed E-state index contributed by atoms with van der Waals surface area (Å²) >= 11 is 0. The van der Waals surface area contributed by atoms with Gasteiger partial charge in [0.15, 0.2) is 0 Å². The molecule has 5 nitrogen and oxygen atoms in total. The van der Waals surface area contributed by atoms with Crippen LogP contribution < -0.4 is 0 Å². The zero-order valence-electron chi connectivity index (χ0n) is 11.4. The van der Waals surface area contributed by atoms with Gasteiger partial charge in [0.2, 0.25) is 5.60 Å². The van der Waals surface area contributed by atoms with E-state index in [1.165, 1.54) is 0 Å². The first-order chi connectivity index (χ1) is 10.1. The molecular formula is C16H15NO4.